The highest BCUT2D eigenvalue weighted by atomic mass is 32.2. The number of sulfone groups is 1. The van der Waals surface area contributed by atoms with E-state index in [1.54, 1.807) is 7.11 Å². The molecule has 0 bridgehead atoms. The van der Waals surface area contributed by atoms with E-state index in [4.69, 9.17) is 4.74 Å². The Labute approximate surface area is 127 Å². The summed E-state index contributed by atoms with van der Waals surface area (Å²) in [4.78, 5) is 0. The van der Waals surface area contributed by atoms with Crippen LogP contribution >= 0.6 is 0 Å². The molecule has 0 saturated heterocycles. The van der Waals surface area contributed by atoms with Crippen LogP contribution < -0.4 is 10.1 Å². The Hall–Kier alpha value is -1.07. The molecule has 5 heteroatoms. The van der Waals surface area contributed by atoms with E-state index in [1.165, 1.54) is 0 Å². The molecule has 21 heavy (non-hydrogen) atoms. The molecule has 0 aliphatic heterocycles. The molecule has 1 aliphatic rings. The van der Waals surface area contributed by atoms with Gasteiger partial charge in [0.2, 0.25) is 0 Å². The summed E-state index contributed by atoms with van der Waals surface area (Å²) in [6, 6.07) is 5.98. The van der Waals surface area contributed by atoms with Crippen molar-refractivity contribution in [3.63, 3.8) is 0 Å². The third kappa shape index (κ3) is 3.77. The number of rotatable bonds is 6. The molecule has 118 valence electrons. The van der Waals surface area contributed by atoms with Crippen molar-refractivity contribution >= 4 is 9.84 Å². The van der Waals surface area contributed by atoms with Gasteiger partial charge in [-0.1, -0.05) is 18.9 Å². The first-order chi connectivity index (χ1) is 9.97. The minimum Gasteiger partial charge on any atom is -0.496 e. The summed E-state index contributed by atoms with van der Waals surface area (Å²) < 4.78 is 30.4. The van der Waals surface area contributed by atoms with E-state index in [1.807, 2.05) is 25.2 Å². The summed E-state index contributed by atoms with van der Waals surface area (Å²) in [7, 11) is 0.383. The quantitative estimate of drug-likeness (QED) is 0.878. The van der Waals surface area contributed by atoms with Crippen LogP contribution in [0.2, 0.25) is 0 Å². The van der Waals surface area contributed by atoms with Crippen LogP contribution in [0.15, 0.2) is 18.2 Å². The Morgan fingerprint density at radius 1 is 1.33 bits per heavy atom. The van der Waals surface area contributed by atoms with Gasteiger partial charge in [-0.15, -0.1) is 0 Å². The van der Waals surface area contributed by atoms with E-state index >= 15 is 0 Å². The summed E-state index contributed by atoms with van der Waals surface area (Å²) in [6.45, 7) is 2.05. The summed E-state index contributed by atoms with van der Waals surface area (Å²) >= 11 is 0. The van der Waals surface area contributed by atoms with Gasteiger partial charge in [-0.3, -0.25) is 0 Å². The molecule has 1 aromatic carbocycles. The second-order valence-electron chi connectivity index (χ2n) is 5.80. The second kappa shape index (κ2) is 6.79. The standard InChI is InChI=1S/C16H25NO3S/c1-12(17-2)13-8-9-16(20-3)14(10-13)11-21(18,19)15-6-4-5-7-15/h8-10,12,15,17H,4-7,11H2,1-3H3. The summed E-state index contributed by atoms with van der Waals surface area (Å²) in [5.41, 5.74) is 1.85. The van der Waals surface area contributed by atoms with Gasteiger partial charge in [0.05, 0.1) is 18.1 Å². The summed E-state index contributed by atoms with van der Waals surface area (Å²) in [5, 5.41) is 3.00. The van der Waals surface area contributed by atoms with Crippen molar-refractivity contribution < 1.29 is 13.2 Å². The van der Waals surface area contributed by atoms with Gasteiger partial charge >= 0.3 is 0 Å². The van der Waals surface area contributed by atoms with E-state index in [-0.39, 0.29) is 17.0 Å². The molecule has 0 amide bonds. The van der Waals surface area contributed by atoms with Crippen molar-refractivity contribution in [1.82, 2.24) is 5.32 Å². The fourth-order valence-corrected chi connectivity index (χ4v) is 4.88. The van der Waals surface area contributed by atoms with Gasteiger partial charge < -0.3 is 10.1 Å². The van der Waals surface area contributed by atoms with Crippen LogP contribution in [0, 0.1) is 0 Å². The van der Waals surface area contributed by atoms with Gasteiger partial charge in [0.1, 0.15) is 5.75 Å². The van der Waals surface area contributed by atoms with Gasteiger partial charge in [0.25, 0.3) is 0 Å². The van der Waals surface area contributed by atoms with Crippen LogP contribution in [0.25, 0.3) is 0 Å². The number of hydrogen-bond donors (Lipinski definition) is 1. The Balaban J connectivity index is 2.28. The molecule has 1 aliphatic carbocycles. The lowest BCUT2D eigenvalue weighted by molar-refractivity contribution is 0.410. The normalized spacial score (nSPS) is 17.9. The zero-order valence-electron chi connectivity index (χ0n) is 13.1. The SMILES string of the molecule is CNC(C)c1ccc(OC)c(CS(=O)(=O)C2CCCC2)c1. The lowest BCUT2D eigenvalue weighted by atomic mass is 10.1. The molecule has 1 N–H and O–H groups in total. The lowest BCUT2D eigenvalue weighted by Crippen LogP contribution is -2.20. The predicted octanol–water partition coefficient (Wildman–Crippen LogP) is 2.83. The number of ether oxygens (including phenoxy) is 1. The van der Waals surface area contributed by atoms with Gasteiger partial charge in [0.15, 0.2) is 9.84 Å². The van der Waals surface area contributed by atoms with Crippen molar-refractivity contribution in [2.45, 2.75) is 49.7 Å². The van der Waals surface area contributed by atoms with Crippen molar-refractivity contribution in [2.24, 2.45) is 0 Å². The van der Waals surface area contributed by atoms with Crippen LogP contribution in [-0.2, 0) is 15.6 Å². The van der Waals surface area contributed by atoms with Crippen molar-refractivity contribution in [3.05, 3.63) is 29.3 Å². The minimum atomic E-state index is -3.10. The number of nitrogens with one attached hydrogen (secondary N) is 1. The van der Waals surface area contributed by atoms with Gasteiger partial charge in [-0.25, -0.2) is 8.42 Å². The molecular weight excluding hydrogens is 286 g/mol. The van der Waals surface area contributed by atoms with E-state index in [0.717, 1.165) is 36.8 Å². The third-order valence-electron chi connectivity index (χ3n) is 4.40. The Kier molecular flexibility index (Phi) is 5.27. The van der Waals surface area contributed by atoms with Crippen molar-refractivity contribution in [1.29, 1.82) is 0 Å². The maximum atomic E-state index is 12.5. The summed E-state index contributed by atoms with van der Waals surface area (Å²) in [5.74, 6) is 0.731. The average Bonchev–Trinajstić information content (AvgIpc) is 3.01. The Morgan fingerprint density at radius 2 is 2.00 bits per heavy atom. The highest BCUT2D eigenvalue weighted by Crippen LogP contribution is 2.30. The second-order valence-corrected chi connectivity index (χ2v) is 8.08. The number of benzene rings is 1. The average molecular weight is 311 g/mol. The van der Waals surface area contributed by atoms with E-state index in [2.05, 4.69) is 12.2 Å². The Bertz CT molecular complexity index is 577. The van der Waals surface area contributed by atoms with Crippen molar-refractivity contribution in [2.75, 3.05) is 14.2 Å². The van der Waals surface area contributed by atoms with Gasteiger partial charge in [0, 0.05) is 11.6 Å². The maximum Gasteiger partial charge on any atom is 0.157 e. The van der Waals surface area contributed by atoms with Crippen LogP contribution in [0.3, 0.4) is 0 Å². The van der Waals surface area contributed by atoms with E-state index < -0.39 is 9.84 Å². The highest BCUT2D eigenvalue weighted by Gasteiger charge is 2.29. The molecule has 1 unspecified atom stereocenters. The molecule has 1 fully saturated rings. The first-order valence-corrected chi connectivity index (χ1v) is 9.25. The predicted molar refractivity (Wildman–Crippen MR) is 85.3 cm³/mol. The van der Waals surface area contributed by atoms with E-state index in [0.29, 0.717) is 5.75 Å². The van der Waals surface area contributed by atoms with E-state index in [9.17, 15) is 8.42 Å². The largest absolute Gasteiger partial charge is 0.496 e. The minimum absolute atomic E-state index is 0.0745. The molecule has 1 saturated carbocycles. The third-order valence-corrected chi connectivity index (χ3v) is 6.60. The van der Waals surface area contributed by atoms with Crippen LogP contribution in [0.1, 0.15) is 49.8 Å². The lowest BCUT2D eigenvalue weighted by Gasteiger charge is -2.17. The number of methoxy groups -OCH3 is 1. The maximum absolute atomic E-state index is 12.5. The van der Waals surface area contributed by atoms with Crippen molar-refractivity contribution in [3.8, 4) is 5.75 Å². The molecule has 1 atom stereocenters. The van der Waals surface area contributed by atoms with Crippen LogP contribution in [0.4, 0.5) is 0 Å². The topological polar surface area (TPSA) is 55.4 Å². The molecule has 0 radical (unpaired) electrons. The molecule has 0 spiro atoms. The molecular formula is C16H25NO3S. The smallest absolute Gasteiger partial charge is 0.157 e. The van der Waals surface area contributed by atoms with Gasteiger partial charge in [-0.2, -0.15) is 0 Å². The highest BCUT2D eigenvalue weighted by molar-refractivity contribution is 7.91. The molecule has 4 nitrogen and oxygen atoms in total. The number of hydrogen-bond acceptors (Lipinski definition) is 4. The first kappa shape index (κ1) is 16.3. The molecule has 0 aromatic heterocycles. The zero-order valence-corrected chi connectivity index (χ0v) is 13.9. The Morgan fingerprint density at radius 3 is 2.57 bits per heavy atom. The summed E-state index contributed by atoms with van der Waals surface area (Å²) in [6.07, 6.45) is 3.66. The molecule has 1 aromatic rings. The van der Waals surface area contributed by atoms with Gasteiger partial charge in [-0.05, 0) is 44.5 Å². The fourth-order valence-electron chi connectivity index (χ4n) is 2.93. The first-order valence-electron chi connectivity index (χ1n) is 7.53. The monoisotopic (exact) mass is 311 g/mol. The molecule has 0 heterocycles. The molecule has 2 rings (SSSR count). The van der Waals surface area contributed by atoms with Crippen LogP contribution in [-0.4, -0.2) is 27.8 Å². The van der Waals surface area contributed by atoms with Crippen LogP contribution in [0.5, 0.6) is 5.75 Å². The zero-order chi connectivity index (χ0) is 15.5. The fraction of sp³-hybridized carbons (Fsp3) is 0.625.